The van der Waals surface area contributed by atoms with Gasteiger partial charge in [0.1, 0.15) is 0 Å². The molecule has 0 amide bonds. The van der Waals surface area contributed by atoms with Gasteiger partial charge >= 0.3 is 0 Å². The summed E-state index contributed by atoms with van der Waals surface area (Å²) in [5.41, 5.74) is 1.41. The van der Waals surface area contributed by atoms with Crippen LogP contribution in [0.5, 0.6) is 0 Å². The summed E-state index contributed by atoms with van der Waals surface area (Å²) in [6.07, 6.45) is 4.80. The van der Waals surface area contributed by atoms with E-state index >= 15 is 0 Å². The van der Waals surface area contributed by atoms with E-state index in [0.717, 1.165) is 6.54 Å². The van der Waals surface area contributed by atoms with Gasteiger partial charge in [-0.3, -0.25) is 0 Å². The van der Waals surface area contributed by atoms with Crippen molar-refractivity contribution in [1.29, 1.82) is 0 Å². The van der Waals surface area contributed by atoms with Gasteiger partial charge in [0.05, 0.1) is 12.2 Å². The number of rotatable bonds is 3. The first-order valence-electron chi connectivity index (χ1n) is 5.75. The van der Waals surface area contributed by atoms with Crippen LogP contribution >= 0.6 is 11.3 Å². The third-order valence-electron chi connectivity index (χ3n) is 3.60. The second-order valence-corrected chi connectivity index (χ2v) is 5.62. The van der Waals surface area contributed by atoms with E-state index < -0.39 is 0 Å². The van der Waals surface area contributed by atoms with Crippen molar-refractivity contribution in [1.82, 2.24) is 5.32 Å². The predicted octanol–water partition coefficient (Wildman–Crippen LogP) is 2.47. The highest BCUT2D eigenvalue weighted by Crippen LogP contribution is 2.34. The second-order valence-electron chi connectivity index (χ2n) is 4.62. The molecule has 2 bridgehead atoms. The highest BCUT2D eigenvalue weighted by Gasteiger charge is 2.40. The molecule has 0 spiro atoms. The first-order valence-corrected chi connectivity index (χ1v) is 6.63. The molecule has 0 aliphatic carbocycles. The van der Waals surface area contributed by atoms with Gasteiger partial charge in [0.2, 0.25) is 0 Å². The predicted molar refractivity (Wildman–Crippen MR) is 62.2 cm³/mol. The van der Waals surface area contributed by atoms with Crippen molar-refractivity contribution in [3.63, 3.8) is 0 Å². The maximum absolute atomic E-state index is 5.83. The number of nitrogens with one attached hydrogen (secondary N) is 1. The fraction of sp³-hybridized carbons (Fsp3) is 0.667. The van der Waals surface area contributed by atoms with Gasteiger partial charge in [0, 0.05) is 17.5 Å². The molecule has 3 unspecified atom stereocenters. The first-order chi connectivity index (χ1) is 7.33. The summed E-state index contributed by atoms with van der Waals surface area (Å²) in [7, 11) is 0. The summed E-state index contributed by atoms with van der Waals surface area (Å²) >= 11 is 1.85. The molecule has 0 aromatic carbocycles. The van der Waals surface area contributed by atoms with Crippen molar-refractivity contribution in [2.75, 3.05) is 0 Å². The second kappa shape index (κ2) is 3.89. The summed E-state index contributed by atoms with van der Waals surface area (Å²) in [5, 5.41) is 5.81. The van der Waals surface area contributed by atoms with Crippen molar-refractivity contribution >= 4 is 11.3 Å². The molecule has 82 valence electrons. The van der Waals surface area contributed by atoms with Gasteiger partial charge in [-0.1, -0.05) is 0 Å². The molecule has 1 N–H and O–H groups in total. The van der Waals surface area contributed by atoms with E-state index in [9.17, 15) is 0 Å². The van der Waals surface area contributed by atoms with Crippen LogP contribution < -0.4 is 5.32 Å². The SMILES string of the molecule is Cc1ccsc1CNC1CC2CCC1O2. The van der Waals surface area contributed by atoms with E-state index in [1.54, 1.807) is 0 Å². The fourth-order valence-corrected chi connectivity index (χ4v) is 3.52. The fourth-order valence-electron chi connectivity index (χ4n) is 2.66. The van der Waals surface area contributed by atoms with Crippen molar-refractivity contribution in [2.24, 2.45) is 0 Å². The molecule has 2 aliphatic heterocycles. The van der Waals surface area contributed by atoms with Crippen LogP contribution in [0.1, 0.15) is 29.7 Å². The van der Waals surface area contributed by atoms with E-state index in [1.807, 2.05) is 11.3 Å². The Hall–Kier alpha value is -0.380. The Labute approximate surface area is 94.6 Å². The number of hydrogen-bond donors (Lipinski definition) is 1. The number of ether oxygens (including phenoxy) is 1. The number of hydrogen-bond acceptors (Lipinski definition) is 3. The van der Waals surface area contributed by atoms with Gasteiger partial charge in [0.25, 0.3) is 0 Å². The highest BCUT2D eigenvalue weighted by molar-refractivity contribution is 7.10. The summed E-state index contributed by atoms with van der Waals surface area (Å²) in [6.45, 7) is 3.20. The number of fused-ring (bicyclic) bond motifs is 2. The Kier molecular flexibility index (Phi) is 2.54. The van der Waals surface area contributed by atoms with Crippen molar-refractivity contribution in [3.8, 4) is 0 Å². The molecule has 2 saturated heterocycles. The standard InChI is InChI=1S/C12H17NOS/c1-8-4-5-15-12(8)7-13-10-6-9-2-3-11(10)14-9/h4-5,9-11,13H,2-3,6-7H2,1H3. The Bertz CT molecular complexity index is 349. The first kappa shape index (κ1) is 9.82. The Morgan fingerprint density at radius 3 is 3.07 bits per heavy atom. The lowest BCUT2D eigenvalue weighted by atomic mass is 9.95. The molecule has 2 fully saturated rings. The number of aryl methyl sites for hydroxylation is 1. The molecule has 3 heterocycles. The van der Waals surface area contributed by atoms with Crippen LogP contribution in [0.15, 0.2) is 11.4 Å². The van der Waals surface area contributed by atoms with Crippen LogP contribution in [0.25, 0.3) is 0 Å². The highest BCUT2D eigenvalue weighted by atomic mass is 32.1. The molecule has 1 aromatic rings. The van der Waals surface area contributed by atoms with Crippen LogP contribution in [0, 0.1) is 6.92 Å². The van der Waals surface area contributed by atoms with E-state index in [1.165, 1.54) is 29.7 Å². The Morgan fingerprint density at radius 1 is 1.53 bits per heavy atom. The van der Waals surface area contributed by atoms with E-state index in [4.69, 9.17) is 4.74 Å². The molecule has 3 rings (SSSR count). The smallest absolute Gasteiger partial charge is 0.0733 e. The third-order valence-corrected chi connectivity index (χ3v) is 4.62. The lowest BCUT2D eigenvalue weighted by Crippen LogP contribution is -2.36. The quantitative estimate of drug-likeness (QED) is 0.850. The zero-order valence-corrected chi connectivity index (χ0v) is 9.85. The largest absolute Gasteiger partial charge is 0.373 e. The van der Waals surface area contributed by atoms with Crippen LogP contribution in [0.4, 0.5) is 0 Å². The summed E-state index contributed by atoms with van der Waals surface area (Å²) < 4.78 is 5.83. The van der Waals surface area contributed by atoms with Crippen LogP contribution in [-0.2, 0) is 11.3 Å². The third kappa shape index (κ3) is 1.84. The molecule has 1 aromatic heterocycles. The van der Waals surface area contributed by atoms with Crippen LogP contribution in [0.2, 0.25) is 0 Å². The Morgan fingerprint density at radius 2 is 2.47 bits per heavy atom. The molecular formula is C12H17NOS. The van der Waals surface area contributed by atoms with Crippen LogP contribution in [-0.4, -0.2) is 18.2 Å². The normalized spacial score (nSPS) is 33.8. The zero-order valence-electron chi connectivity index (χ0n) is 9.03. The minimum Gasteiger partial charge on any atom is -0.373 e. The monoisotopic (exact) mass is 223 g/mol. The molecule has 2 nitrogen and oxygen atoms in total. The maximum Gasteiger partial charge on any atom is 0.0733 e. The van der Waals surface area contributed by atoms with Gasteiger partial charge in [0.15, 0.2) is 0 Å². The summed E-state index contributed by atoms with van der Waals surface area (Å²) in [6, 6.07) is 2.80. The van der Waals surface area contributed by atoms with Crippen molar-refractivity contribution in [3.05, 3.63) is 21.9 Å². The molecule has 15 heavy (non-hydrogen) atoms. The van der Waals surface area contributed by atoms with Gasteiger partial charge < -0.3 is 10.1 Å². The molecule has 3 atom stereocenters. The topological polar surface area (TPSA) is 21.3 Å². The van der Waals surface area contributed by atoms with E-state index in [0.29, 0.717) is 18.2 Å². The Balaban J connectivity index is 1.57. The average Bonchev–Trinajstić information content (AvgIpc) is 2.90. The molecule has 3 heteroatoms. The lowest BCUT2D eigenvalue weighted by molar-refractivity contribution is 0.0973. The zero-order chi connectivity index (χ0) is 10.3. The van der Waals surface area contributed by atoms with Crippen molar-refractivity contribution in [2.45, 2.75) is 51.0 Å². The molecule has 0 saturated carbocycles. The van der Waals surface area contributed by atoms with Gasteiger partial charge in [-0.25, -0.2) is 0 Å². The summed E-state index contributed by atoms with van der Waals surface area (Å²) in [4.78, 5) is 1.47. The minimum absolute atomic E-state index is 0.496. The van der Waals surface area contributed by atoms with E-state index in [-0.39, 0.29) is 0 Å². The molecule has 2 aliphatic rings. The van der Waals surface area contributed by atoms with Crippen molar-refractivity contribution < 1.29 is 4.74 Å². The maximum atomic E-state index is 5.83. The molecular weight excluding hydrogens is 206 g/mol. The van der Waals surface area contributed by atoms with Gasteiger partial charge in [-0.05, 0) is 43.2 Å². The van der Waals surface area contributed by atoms with Crippen LogP contribution in [0.3, 0.4) is 0 Å². The average molecular weight is 223 g/mol. The van der Waals surface area contributed by atoms with Gasteiger partial charge in [-0.2, -0.15) is 0 Å². The lowest BCUT2D eigenvalue weighted by Gasteiger charge is -2.19. The minimum atomic E-state index is 0.496. The van der Waals surface area contributed by atoms with E-state index in [2.05, 4.69) is 23.7 Å². The van der Waals surface area contributed by atoms with Gasteiger partial charge in [-0.15, -0.1) is 11.3 Å². The molecule has 0 radical (unpaired) electrons. The summed E-state index contributed by atoms with van der Waals surface area (Å²) in [5.74, 6) is 0. The number of thiophene rings is 1.